The largest absolute Gasteiger partial charge is 0.368 e. The Labute approximate surface area is 174 Å². The monoisotopic (exact) mass is 405 g/mol. The number of thioether (sulfide) groups is 1. The van der Waals surface area contributed by atoms with Crippen LogP contribution in [-0.2, 0) is 4.79 Å². The number of fused-ring (bicyclic) bond motifs is 1. The van der Waals surface area contributed by atoms with Gasteiger partial charge in [0.2, 0.25) is 5.91 Å². The number of amides is 1. The van der Waals surface area contributed by atoms with E-state index >= 15 is 0 Å². The molecule has 148 valence electrons. The number of rotatable bonds is 5. The Morgan fingerprint density at radius 2 is 1.69 bits per heavy atom. The van der Waals surface area contributed by atoms with E-state index in [0.717, 1.165) is 53.2 Å². The Hall–Kier alpha value is -2.86. The Balaban J connectivity index is 1.38. The predicted octanol–water partition coefficient (Wildman–Crippen LogP) is 3.88. The topological polar surface area (TPSA) is 53.5 Å². The van der Waals surface area contributed by atoms with Crippen LogP contribution in [0.5, 0.6) is 0 Å². The van der Waals surface area contributed by atoms with Crippen molar-refractivity contribution in [2.75, 3.05) is 36.8 Å². The zero-order chi connectivity index (χ0) is 20.2. The van der Waals surface area contributed by atoms with Gasteiger partial charge in [-0.25, -0.2) is 0 Å². The fourth-order valence-corrected chi connectivity index (χ4v) is 4.50. The van der Waals surface area contributed by atoms with Crippen LogP contribution in [0, 0.1) is 0 Å². The second-order valence-corrected chi connectivity index (χ2v) is 8.10. The van der Waals surface area contributed by atoms with E-state index in [9.17, 15) is 9.59 Å². The van der Waals surface area contributed by atoms with E-state index in [-0.39, 0.29) is 11.7 Å². The van der Waals surface area contributed by atoms with Crippen LogP contribution in [0.2, 0.25) is 0 Å². The third kappa shape index (κ3) is 4.43. The average Bonchev–Trinajstić information content (AvgIpc) is 2.77. The quantitative estimate of drug-likeness (QED) is 0.476. The van der Waals surface area contributed by atoms with Gasteiger partial charge < -0.3 is 9.80 Å². The molecular formula is C23H23N3O2S. The minimum atomic E-state index is 0.115. The Kier molecular flexibility index (Phi) is 5.81. The summed E-state index contributed by atoms with van der Waals surface area (Å²) in [5, 5.41) is 1.08. The van der Waals surface area contributed by atoms with E-state index in [4.69, 9.17) is 0 Å². The van der Waals surface area contributed by atoms with Crippen LogP contribution >= 0.6 is 11.8 Å². The van der Waals surface area contributed by atoms with Gasteiger partial charge in [0, 0.05) is 60.8 Å². The molecule has 0 aliphatic carbocycles. The molecule has 1 fully saturated rings. The maximum atomic E-state index is 12.7. The second-order valence-electron chi connectivity index (χ2n) is 7.08. The highest BCUT2D eigenvalue weighted by atomic mass is 32.2. The Bertz CT molecular complexity index is 1020. The van der Waals surface area contributed by atoms with E-state index in [1.807, 2.05) is 59.5 Å². The number of piperazine rings is 1. The van der Waals surface area contributed by atoms with Crippen LogP contribution < -0.4 is 4.90 Å². The van der Waals surface area contributed by atoms with Crippen LogP contribution in [-0.4, -0.2) is 53.5 Å². The van der Waals surface area contributed by atoms with Gasteiger partial charge in [0.05, 0.1) is 11.3 Å². The summed E-state index contributed by atoms with van der Waals surface area (Å²) < 4.78 is 0. The number of nitrogens with zero attached hydrogens (tertiary/aromatic N) is 3. The maximum absolute atomic E-state index is 12.7. The van der Waals surface area contributed by atoms with Crippen molar-refractivity contribution in [2.45, 2.75) is 11.8 Å². The number of para-hydroxylation sites is 1. The summed E-state index contributed by atoms with van der Waals surface area (Å²) in [6, 6.07) is 17.8. The highest BCUT2D eigenvalue weighted by molar-refractivity contribution is 8.00. The zero-order valence-corrected chi connectivity index (χ0v) is 17.2. The number of benzene rings is 2. The number of hydrogen-bond donors (Lipinski definition) is 0. The summed E-state index contributed by atoms with van der Waals surface area (Å²) in [4.78, 5) is 33.7. The first-order valence-corrected chi connectivity index (χ1v) is 10.7. The van der Waals surface area contributed by atoms with Gasteiger partial charge in [0.1, 0.15) is 0 Å². The van der Waals surface area contributed by atoms with Gasteiger partial charge in [0.15, 0.2) is 5.78 Å². The van der Waals surface area contributed by atoms with Crippen LogP contribution in [0.15, 0.2) is 65.7 Å². The molecule has 0 unspecified atom stereocenters. The smallest absolute Gasteiger partial charge is 0.219 e. The molecule has 0 N–H and O–H groups in total. The SMILES string of the molecule is CC(=O)N1CCN(c2ccc(C(=O)CSc3ccnc4ccccc34)cc2)CC1. The van der Waals surface area contributed by atoms with E-state index < -0.39 is 0 Å². The average molecular weight is 406 g/mol. The highest BCUT2D eigenvalue weighted by Gasteiger charge is 2.19. The predicted molar refractivity (Wildman–Crippen MR) is 118 cm³/mol. The van der Waals surface area contributed by atoms with Gasteiger partial charge in [0.25, 0.3) is 0 Å². The van der Waals surface area contributed by atoms with Crippen molar-refractivity contribution >= 4 is 40.0 Å². The lowest BCUT2D eigenvalue weighted by Gasteiger charge is -2.35. The summed E-state index contributed by atoms with van der Waals surface area (Å²) in [7, 11) is 0. The number of ketones is 1. The van der Waals surface area contributed by atoms with E-state index in [0.29, 0.717) is 5.75 Å². The number of anilines is 1. The minimum Gasteiger partial charge on any atom is -0.368 e. The molecular weight excluding hydrogens is 382 g/mol. The molecule has 1 aliphatic rings. The van der Waals surface area contributed by atoms with E-state index in [1.165, 1.54) is 0 Å². The number of aromatic nitrogens is 1. The normalized spacial score (nSPS) is 14.2. The number of Topliss-reactive ketones (excluding diaryl/α,β-unsaturated/α-hetero) is 1. The Morgan fingerprint density at radius 1 is 0.966 bits per heavy atom. The van der Waals surface area contributed by atoms with Crippen molar-refractivity contribution in [2.24, 2.45) is 0 Å². The third-order valence-corrected chi connectivity index (χ3v) is 6.32. The standard InChI is InChI=1S/C23H23N3O2S/c1-17(27)25-12-14-26(15-13-25)19-8-6-18(7-9-19)22(28)16-29-23-10-11-24-21-5-3-2-4-20(21)23/h2-11H,12-16H2,1H3. The molecule has 0 radical (unpaired) electrons. The van der Waals surface area contributed by atoms with Crippen molar-refractivity contribution in [1.82, 2.24) is 9.88 Å². The van der Waals surface area contributed by atoms with Crippen LogP contribution in [0.4, 0.5) is 5.69 Å². The highest BCUT2D eigenvalue weighted by Crippen LogP contribution is 2.27. The summed E-state index contributed by atoms with van der Waals surface area (Å²) >= 11 is 1.55. The molecule has 1 aliphatic heterocycles. The van der Waals surface area contributed by atoms with Gasteiger partial charge >= 0.3 is 0 Å². The molecule has 2 aromatic carbocycles. The van der Waals surface area contributed by atoms with Gasteiger partial charge in [-0.3, -0.25) is 14.6 Å². The van der Waals surface area contributed by atoms with Gasteiger partial charge in [-0.1, -0.05) is 18.2 Å². The van der Waals surface area contributed by atoms with Gasteiger partial charge in [-0.15, -0.1) is 11.8 Å². The molecule has 29 heavy (non-hydrogen) atoms. The zero-order valence-electron chi connectivity index (χ0n) is 16.4. The maximum Gasteiger partial charge on any atom is 0.219 e. The molecule has 1 saturated heterocycles. The molecule has 4 rings (SSSR count). The number of carbonyl (C=O) groups is 2. The summed E-state index contributed by atoms with van der Waals surface area (Å²) in [6.45, 7) is 4.73. The number of carbonyl (C=O) groups excluding carboxylic acids is 2. The molecule has 2 heterocycles. The first-order chi connectivity index (χ1) is 14.1. The first-order valence-electron chi connectivity index (χ1n) is 9.72. The van der Waals surface area contributed by atoms with Crippen molar-refractivity contribution in [3.63, 3.8) is 0 Å². The molecule has 5 nitrogen and oxygen atoms in total. The summed E-state index contributed by atoms with van der Waals surface area (Å²) in [5.41, 5.74) is 2.76. The minimum absolute atomic E-state index is 0.115. The molecule has 0 atom stereocenters. The summed E-state index contributed by atoms with van der Waals surface area (Å²) in [6.07, 6.45) is 1.79. The lowest BCUT2D eigenvalue weighted by molar-refractivity contribution is -0.129. The van der Waals surface area contributed by atoms with Gasteiger partial charge in [-0.05, 0) is 36.4 Å². The number of pyridine rings is 1. The molecule has 1 aromatic heterocycles. The Morgan fingerprint density at radius 3 is 2.41 bits per heavy atom. The van der Waals surface area contributed by atoms with E-state index in [2.05, 4.69) is 9.88 Å². The van der Waals surface area contributed by atoms with Gasteiger partial charge in [-0.2, -0.15) is 0 Å². The molecule has 3 aromatic rings. The van der Waals surface area contributed by atoms with Crippen molar-refractivity contribution in [3.8, 4) is 0 Å². The third-order valence-electron chi connectivity index (χ3n) is 5.25. The molecule has 0 bridgehead atoms. The lowest BCUT2D eigenvalue weighted by Crippen LogP contribution is -2.48. The fourth-order valence-electron chi connectivity index (χ4n) is 3.56. The molecule has 0 saturated carbocycles. The van der Waals surface area contributed by atoms with Crippen molar-refractivity contribution in [1.29, 1.82) is 0 Å². The molecule has 1 amide bonds. The second kappa shape index (κ2) is 8.66. The van der Waals surface area contributed by atoms with Crippen LogP contribution in [0.25, 0.3) is 10.9 Å². The van der Waals surface area contributed by atoms with Crippen LogP contribution in [0.3, 0.4) is 0 Å². The van der Waals surface area contributed by atoms with E-state index in [1.54, 1.807) is 24.9 Å². The van der Waals surface area contributed by atoms with Crippen molar-refractivity contribution < 1.29 is 9.59 Å². The fraction of sp³-hybridized carbons (Fsp3) is 0.261. The van der Waals surface area contributed by atoms with Crippen molar-refractivity contribution in [3.05, 3.63) is 66.4 Å². The lowest BCUT2D eigenvalue weighted by atomic mass is 10.1. The summed E-state index contributed by atoms with van der Waals surface area (Å²) in [5.74, 6) is 0.638. The van der Waals surface area contributed by atoms with Crippen LogP contribution in [0.1, 0.15) is 17.3 Å². The molecule has 6 heteroatoms. The first kappa shape index (κ1) is 19.5. The number of hydrogen-bond acceptors (Lipinski definition) is 5. The molecule has 0 spiro atoms.